The van der Waals surface area contributed by atoms with Gasteiger partial charge in [-0.1, -0.05) is 0 Å². The van der Waals surface area contributed by atoms with E-state index in [0.29, 0.717) is 19.2 Å². The lowest BCUT2D eigenvalue weighted by atomic mass is 10.3. The fourth-order valence-corrected chi connectivity index (χ4v) is 1.22. The number of imidazole rings is 1. The highest BCUT2D eigenvalue weighted by Crippen LogP contribution is 2.16. The van der Waals surface area contributed by atoms with Gasteiger partial charge in [-0.3, -0.25) is 4.57 Å². The molecule has 60 valence electrons. The molecule has 0 saturated carbocycles. The summed E-state index contributed by atoms with van der Waals surface area (Å²) in [5.74, 6) is 0. The van der Waals surface area contributed by atoms with E-state index in [-0.39, 0.29) is 0 Å². The van der Waals surface area contributed by atoms with Crippen LogP contribution in [-0.4, -0.2) is 27.4 Å². The van der Waals surface area contributed by atoms with Crippen molar-refractivity contribution >= 4 is 0 Å². The number of aryl methyl sites for hydroxylation is 1. The van der Waals surface area contributed by atoms with Crippen LogP contribution in [-0.2, 0) is 6.54 Å². The van der Waals surface area contributed by atoms with Crippen LogP contribution in [0.5, 0.6) is 6.01 Å². The molecule has 0 bridgehead atoms. The average molecular weight is 154 g/mol. The van der Waals surface area contributed by atoms with E-state index >= 15 is 0 Å². The van der Waals surface area contributed by atoms with Crippen molar-refractivity contribution in [3.63, 3.8) is 0 Å². The largest absolute Gasteiger partial charge is 0.462 e. The normalized spacial score (nSPS) is 22.5. The highest BCUT2D eigenvalue weighted by molar-refractivity contribution is 5.08. The van der Waals surface area contributed by atoms with Crippen molar-refractivity contribution in [2.24, 2.45) is 0 Å². The molecular weight excluding hydrogens is 144 g/mol. The fraction of sp³-hybridized carbons (Fsp3) is 0.571. The standard InChI is InChI=1S/C7H10N2O2/c1-5-2-9-3-6(10)4-11-7(9)8-5/h2,6,10H,3-4H2,1H3/t6-/m0/s1. The van der Waals surface area contributed by atoms with Gasteiger partial charge in [0.1, 0.15) is 12.7 Å². The molecule has 0 saturated heterocycles. The van der Waals surface area contributed by atoms with Gasteiger partial charge >= 0.3 is 0 Å². The third-order valence-corrected chi connectivity index (χ3v) is 1.67. The maximum absolute atomic E-state index is 9.19. The molecule has 0 amide bonds. The Hall–Kier alpha value is -1.03. The number of fused-ring (bicyclic) bond motifs is 1. The molecule has 1 atom stereocenters. The quantitative estimate of drug-likeness (QED) is 0.569. The summed E-state index contributed by atoms with van der Waals surface area (Å²) in [6.07, 6.45) is 1.48. The molecule has 1 aromatic rings. The van der Waals surface area contributed by atoms with Crippen molar-refractivity contribution in [3.05, 3.63) is 11.9 Å². The van der Waals surface area contributed by atoms with Crippen LogP contribution in [0.25, 0.3) is 0 Å². The highest BCUT2D eigenvalue weighted by atomic mass is 16.5. The van der Waals surface area contributed by atoms with Crippen molar-refractivity contribution in [1.82, 2.24) is 9.55 Å². The Balaban J connectivity index is 2.34. The molecule has 4 nitrogen and oxygen atoms in total. The first kappa shape index (κ1) is 6.67. The van der Waals surface area contributed by atoms with Crippen LogP contribution in [0, 0.1) is 6.92 Å². The molecule has 0 radical (unpaired) electrons. The first-order valence-electron chi connectivity index (χ1n) is 3.60. The highest BCUT2D eigenvalue weighted by Gasteiger charge is 2.17. The van der Waals surface area contributed by atoms with Crippen LogP contribution >= 0.6 is 0 Å². The zero-order chi connectivity index (χ0) is 7.84. The van der Waals surface area contributed by atoms with E-state index in [1.54, 1.807) is 0 Å². The maximum Gasteiger partial charge on any atom is 0.296 e. The number of hydrogen-bond acceptors (Lipinski definition) is 3. The fourth-order valence-electron chi connectivity index (χ4n) is 1.22. The molecule has 0 spiro atoms. The monoisotopic (exact) mass is 154 g/mol. The number of aromatic nitrogens is 2. The Morgan fingerprint density at radius 2 is 2.64 bits per heavy atom. The zero-order valence-corrected chi connectivity index (χ0v) is 6.32. The van der Waals surface area contributed by atoms with Gasteiger partial charge in [0, 0.05) is 6.20 Å². The molecule has 0 aliphatic carbocycles. The van der Waals surface area contributed by atoms with Crippen molar-refractivity contribution < 1.29 is 9.84 Å². The molecule has 0 aromatic carbocycles. The van der Waals surface area contributed by atoms with Crippen LogP contribution in [0.15, 0.2) is 6.20 Å². The number of hydrogen-bond donors (Lipinski definition) is 1. The van der Waals surface area contributed by atoms with E-state index in [4.69, 9.17) is 4.74 Å². The maximum atomic E-state index is 9.19. The summed E-state index contributed by atoms with van der Waals surface area (Å²) in [4.78, 5) is 4.12. The van der Waals surface area contributed by atoms with E-state index in [0.717, 1.165) is 5.69 Å². The first-order valence-corrected chi connectivity index (χ1v) is 3.60. The molecule has 1 aromatic heterocycles. The topological polar surface area (TPSA) is 47.3 Å². The lowest BCUT2D eigenvalue weighted by Crippen LogP contribution is -2.29. The van der Waals surface area contributed by atoms with Crippen molar-refractivity contribution in [2.45, 2.75) is 19.6 Å². The number of nitrogens with zero attached hydrogens (tertiary/aromatic N) is 2. The second kappa shape index (κ2) is 2.23. The third-order valence-electron chi connectivity index (χ3n) is 1.67. The molecular formula is C7H10N2O2. The summed E-state index contributed by atoms with van der Waals surface area (Å²) < 4.78 is 6.98. The van der Waals surface area contributed by atoms with Gasteiger partial charge in [0.25, 0.3) is 6.01 Å². The van der Waals surface area contributed by atoms with Gasteiger partial charge in [-0.2, -0.15) is 0 Å². The summed E-state index contributed by atoms with van der Waals surface area (Å²) in [5, 5.41) is 9.19. The second-order valence-corrected chi connectivity index (χ2v) is 2.78. The molecule has 1 aliphatic heterocycles. The molecule has 0 unspecified atom stereocenters. The second-order valence-electron chi connectivity index (χ2n) is 2.78. The van der Waals surface area contributed by atoms with Crippen molar-refractivity contribution in [2.75, 3.05) is 6.61 Å². The Kier molecular flexibility index (Phi) is 1.35. The van der Waals surface area contributed by atoms with Gasteiger partial charge in [-0.05, 0) is 6.92 Å². The molecule has 1 aliphatic rings. The number of ether oxygens (including phenoxy) is 1. The molecule has 0 fully saturated rings. The smallest absolute Gasteiger partial charge is 0.296 e. The zero-order valence-electron chi connectivity index (χ0n) is 6.32. The summed E-state index contributed by atoms with van der Waals surface area (Å²) in [6.45, 7) is 2.85. The van der Waals surface area contributed by atoms with E-state index in [2.05, 4.69) is 4.98 Å². The molecule has 2 rings (SSSR count). The van der Waals surface area contributed by atoms with Crippen molar-refractivity contribution in [3.8, 4) is 6.01 Å². The SMILES string of the molecule is Cc1cn2c(n1)OC[C@@H](O)C2. The molecule has 2 heterocycles. The number of aliphatic hydroxyl groups excluding tert-OH is 1. The minimum absolute atomic E-state index is 0.358. The number of aliphatic hydroxyl groups is 1. The third kappa shape index (κ3) is 1.09. The van der Waals surface area contributed by atoms with Gasteiger partial charge in [0.05, 0.1) is 12.2 Å². The van der Waals surface area contributed by atoms with Crippen LogP contribution < -0.4 is 4.74 Å². The Labute approximate surface area is 64.4 Å². The summed E-state index contributed by atoms with van der Waals surface area (Å²) in [6, 6.07) is 0.618. The first-order chi connectivity index (χ1) is 5.25. The lowest BCUT2D eigenvalue weighted by Gasteiger charge is -2.19. The predicted molar refractivity (Wildman–Crippen MR) is 38.5 cm³/mol. The minimum atomic E-state index is -0.393. The van der Waals surface area contributed by atoms with Gasteiger partial charge in [0.15, 0.2) is 0 Å². The molecule has 1 N–H and O–H groups in total. The van der Waals surface area contributed by atoms with Crippen LogP contribution in [0.1, 0.15) is 5.69 Å². The van der Waals surface area contributed by atoms with Gasteiger partial charge in [-0.25, -0.2) is 4.98 Å². The van der Waals surface area contributed by atoms with Crippen LogP contribution in [0.4, 0.5) is 0 Å². The molecule has 4 heteroatoms. The van der Waals surface area contributed by atoms with E-state index < -0.39 is 6.10 Å². The van der Waals surface area contributed by atoms with Crippen molar-refractivity contribution in [1.29, 1.82) is 0 Å². The lowest BCUT2D eigenvalue weighted by molar-refractivity contribution is 0.0580. The van der Waals surface area contributed by atoms with Gasteiger partial charge in [0.2, 0.25) is 0 Å². The Morgan fingerprint density at radius 1 is 1.82 bits per heavy atom. The van der Waals surface area contributed by atoms with E-state index in [9.17, 15) is 5.11 Å². The van der Waals surface area contributed by atoms with Gasteiger partial charge in [-0.15, -0.1) is 0 Å². The summed E-state index contributed by atoms with van der Waals surface area (Å²) in [5.41, 5.74) is 0.925. The van der Waals surface area contributed by atoms with E-state index in [1.807, 2.05) is 17.7 Å². The Bertz CT molecular complexity index is 269. The van der Waals surface area contributed by atoms with Crippen LogP contribution in [0.3, 0.4) is 0 Å². The number of rotatable bonds is 0. The average Bonchev–Trinajstić information content (AvgIpc) is 2.27. The summed E-state index contributed by atoms with van der Waals surface area (Å²) in [7, 11) is 0. The predicted octanol–water partition coefficient (Wildman–Crippen LogP) is -0.0552. The molecule has 11 heavy (non-hydrogen) atoms. The summed E-state index contributed by atoms with van der Waals surface area (Å²) >= 11 is 0. The van der Waals surface area contributed by atoms with Crippen LogP contribution in [0.2, 0.25) is 0 Å². The minimum Gasteiger partial charge on any atom is -0.462 e. The van der Waals surface area contributed by atoms with E-state index in [1.165, 1.54) is 0 Å². The van der Waals surface area contributed by atoms with Gasteiger partial charge < -0.3 is 9.84 Å². The Morgan fingerprint density at radius 3 is 3.45 bits per heavy atom.